The highest BCUT2D eigenvalue weighted by atomic mass is 35.5. The lowest BCUT2D eigenvalue weighted by Crippen LogP contribution is -2.29. The molecule has 0 spiro atoms. The highest BCUT2D eigenvalue weighted by Gasteiger charge is 2.21. The van der Waals surface area contributed by atoms with E-state index in [0.717, 1.165) is 22.0 Å². The van der Waals surface area contributed by atoms with Crippen molar-refractivity contribution < 1.29 is 9.59 Å². The molecule has 4 aromatic rings. The van der Waals surface area contributed by atoms with Crippen molar-refractivity contribution in [2.45, 2.75) is 12.8 Å². The number of hydrogen-bond acceptors (Lipinski definition) is 2. The Kier molecular flexibility index (Phi) is 6.05. The van der Waals surface area contributed by atoms with Crippen LogP contribution in [0.15, 0.2) is 79.0 Å². The minimum atomic E-state index is -0.218. The summed E-state index contributed by atoms with van der Waals surface area (Å²) >= 11 is 6.53. The van der Waals surface area contributed by atoms with E-state index in [1.54, 1.807) is 24.3 Å². The van der Waals surface area contributed by atoms with Crippen LogP contribution in [0.25, 0.3) is 10.9 Å². The van der Waals surface area contributed by atoms with Gasteiger partial charge in [0.1, 0.15) is 0 Å². The number of amides is 2. The number of para-hydroxylation sites is 1. The predicted molar refractivity (Wildman–Crippen MR) is 125 cm³/mol. The average Bonchev–Trinajstić information content (AvgIpc) is 3.19. The third-order valence-electron chi connectivity index (χ3n) is 5.19. The topological polar surface area (TPSA) is 74.0 Å². The fourth-order valence-corrected chi connectivity index (χ4v) is 4.03. The molecule has 0 radical (unpaired) electrons. The van der Waals surface area contributed by atoms with Crippen LogP contribution in [0.1, 0.15) is 34.3 Å². The molecule has 4 rings (SSSR count). The van der Waals surface area contributed by atoms with E-state index >= 15 is 0 Å². The number of aromatic amines is 1. The SMILES string of the molecule is CC(=O)Nc1cccc(C(=O)NC[C@@H](c2ccccc2Cl)c2c[nH]c3ccccc23)c1. The summed E-state index contributed by atoms with van der Waals surface area (Å²) in [6.45, 7) is 1.80. The van der Waals surface area contributed by atoms with E-state index in [4.69, 9.17) is 11.6 Å². The van der Waals surface area contributed by atoms with Crippen molar-refractivity contribution in [2.75, 3.05) is 11.9 Å². The van der Waals surface area contributed by atoms with E-state index in [9.17, 15) is 9.59 Å². The Morgan fingerprint density at radius 3 is 2.55 bits per heavy atom. The van der Waals surface area contributed by atoms with E-state index in [1.807, 2.05) is 48.7 Å². The van der Waals surface area contributed by atoms with E-state index < -0.39 is 0 Å². The van der Waals surface area contributed by atoms with Gasteiger partial charge in [0.05, 0.1) is 0 Å². The molecular weight excluding hydrogens is 410 g/mol. The Morgan fingerprint density at radius 2 is 1.74 bits per heavy atom. The summed E-state index contributed by atoms with van der Waals surface area (Å²) in [6, 6.07) is 22.6. The lowest BCUT2D eigenvalue weighted by molar-refractivity contribution is -0.114. The first kappa shape index (κ1) is 20.7. The van der Waals surface area contributed by atoms with E-state index in [-0.39, 0.29) is 17.7 Å². The van der Waals surface area contributed by atoms with Crippen LogP contribution >= 0.6 is 11.6 Å². The minimum absolute atomic E-state index is 0.132. The molecule has 31 heavy (non-hydrogen) atoms. The summed E-state index contributed by atoms with van der Waals surface area (Å²) in [6.07, 6.45) is 1.97. The van der Waals surface area contributed by atoms with Crippen LogP contribution in [0, 0.1) is 0 Å². The lowest BCUT2D eigenvalue weighted by atomic mass is 9.90. The highest BCUT2D eigenvalue weighted by molar-refractivity contribution is 6.31. The van der Waals surface area contributed by atoms with Gasteiger partial charge in [-0.05, 0) is 41.5 Å². The molecule has 6 heteroatoms. The van der Waals surface area contributed by atoms with Gasteiger partial charge in [0, 0.05) is 52.8 Å². The van der Waals surface area contributed by atoms with Crippen LogP contribution in [-0.4, -0.2) is 23.3 Å². The first-order chi connectivity index (χ1) is 15.0. The summed E-state index contributed by atoms with van der Waals surface area (Å²) in [5, 5.41) is 7.48. The molecule has 156 valence electrons. The van der Waals surface area contributed by atoms with Gasteiger partial charge in [0.2, 0.25) is 5.91 Å². The highest BCUT2D eigenvalue weighted by Crippen LogP contribution is 2.34. The zero-order valence-electron chi connectivity index (χ0n) is 17.0. The standard InChI is InChI=1S/C25H22ClN3O2/c1-16(30)29-18-8-6-7-17(13-18)25(31)28-15-21(19-9-2-4-11-23(19)26)22-14-27-24-12-5-3-10-20(22)24/h2-14,21,27H,15H2,1H3,(H,28,31)(H,29,30)/t21-/m0/s1. The maximum absolute atomic E-state index is 12.9. The van der Waals surface area contributed by atoms with Gasteiger partial charge in [-0.15, -0.1) is 0 Å². The molecule has 3 aromatic carbocycles. The maximum Gasteiger partial charge on any atom is 0.251 e. The average molecular weight is 432 g/mol. The third-order valence-corrected chi connectivity index (χ3v) is 5.53. The van der Waals surface area contributed by atoms with Crippen LogP contribution in [0.3, 0.4) is 0 Å². The number of hydrogen-bond donors (Lipinski definition) is 3. The van der Waals surface area contributed by atoms with Gasteiger partial charge < -0.3 is 15.6 Å². The Morgan fingerprint density at radius 1 is 0.968 bits per heavy atom. The minimum Gasteiger partial charge on any atom is -0.361 e. The summed E-state index contributed by atoms with van der Waals surface area (Å²) in [5.41, 5.74) is 4.10. The molecule has 0 fully saturated rings. The van der Waals surface area contributed by atoms with E-state index in [2.05, 4.69) is 21.7 Å². The summed E-state index contributed by atoms with van der Waals surface area (Å²) in [4.78, 5) is 27.5. The zero-order chi connectivity index (χ0) is 21.8. The fraction of sp³-hybridized carbons (Fsp3) is 0.120. The number of nitrogens with one attached hydrogen (secondary N) is 3. The molecule has 5 nitrogen and oxygen atoms in total. The number of fused-ring (bicyclic) bond motifs is 1. The lowest BCUT2D eigenvalue weighted by Gasteiger charge is -2.19. The molecule has 0 bridgehead atoms. The van der Waals surface area contributed by atoms with Crippen molar-refractivity contribution in [3.8, 4) is 0 Å². The molecule has 1 aromatic heterocycles. The number of anilines is 1. The molecule has 0 aliphatic heterocycles. The van der Waals surface area contributed by atoms with Crippen LogP contribution in [0.2, 0.25) is 5.02 Å². The molecule has 0 aliphatic rings. The molecule has 0 aliphatic carbocycles. The maximum atomic E-state index is 12.9. The molecule has 1 heterocycles. The van der Waals surface area contributed by atoms with Gasteiger partial charge in [0.25, 0.3) is 5.91 Å². The first-order valence-corrected chi connectivity index (χ1v) is 10.4. The Balaban J connectivity index is 1.62. The predicted octanol–water partition coefficient (Wildman–Crippen LogP) is 5.34. The van der Waals surface area contributed by atoms with Crippen molar-refractivity contribution in [1.82, 2.24) is 10.3 Å². The van der Waals surface area contributed by atoms with E-state index in [0.29, 0.717) is 22.8 Å². The molecule has 0 saturated carbocycles. The normalized spacial score (nSPS) is 11.8. The smallest absolute Gasteiger partial charge is 0.251 e. The van der Waals surface area contributed by atoms with Gasteiger partial charge in [0.15, 0.2) is 0 Å². The van der Waals surface area contributed by atoms with Crippen LogP contribution in [0.4, 0.5) is 5.69 Å². The Bertz CT molecular complexity index is 1250. The number of rotatable bonds is 6. The number of halogens is 1. The monoisotopic (exact) mass is 431 g/mol. The second-order valence-corrected chi connectivity index (χ2v) is 7.74. The van der Waals surface area contributed by atoms with Gasteiger partial charge in [-0.25, -0.2) is 0 Å². The van der Waals surface area contributed by atoms with Crippen molar-refractivity contribution >= 4 is 40.0 Å². The molecule has 1 atom stereocenters. The largest absolute Gasteiger partial charge is 0.361 e. The van der Waals surface area contributed by atoms with Crippen LogP contribution < -0.4 is 10.6 Å². The van der Waals surface area contributed by atoms with E-state index in [1.165, 1.54) is 6.92 Å². The molecular formula is C25H22ClN3O2. The number of aromatic nitrogens is 1. The summed E-state index contributed by atoms with van der Waals surface area (Å²) in [7, 11) is 0. The summed E-state index contributed by atoms with van der Waals surface area (Å²) in [5.74, 6) is -0.535. The number of benzene rings is 3. The molecule has 2 amide bonds. The first-order valence-electron chi connectivity index (χ1n) is 9.99. The Hall–Kier alpha value is -3.57. The summed E-state index contributed by atoms with van der Waals surface area (Å²) < 4.78 is 0. The van der Waals surface area contributed by atoms with Gasteiger partial charge >= 0.3 is 0 Å². The van der Waals surface area contributed by atoms with Gasteiger partial charge in [-0.1, -0.05) is 54.1 Å². The molecule has 0 unspecified atom stereocenters. The number of H-pyrrole nitrogens is 1. The number of carbonyl (C=O) groups is 2. The molecule has 0 saturated heterocycles. The van der Waals surface area contributed by atoms with Crippen LogP contribution in [0.5, 0.6) is 0 Å². The Labute approximate surface area is 185 Å². The second kappa shape index (κ2) is 9.06. The van der Waals surface area contributed by atoms with Crippen molar-refractivity contribution in [2.24, 2.45) is 0 Å². The van der Waals surface area contributed by atoms with Gasteiger partial charge in [-0.2, -0.15) is 0 Å². The van der Waals surface area contributed by atoms with Crippen molar-refractivity contribution in [3.63, 3.8) is 0 Å². The number of carbonyl (C=O) groups excluding carboxylic acids is 2. The van der Waals surface area contributed by atoms with Crippen molar-refractivity contribution in [1.29, 1.82) is 0 Å². The fourth-order valence-electron chi connectivity index (χ4n) is 3.77. The molecule has 3 N–H and O–H groups in total. The third kappa shape index (κ3) is 4.62. The van der Waals surface area contributed by atoms with Gasteiger partial charge in [-0.3, -0.25) is 9.59 Å². The zero-order valence-corrected chi connectivity index (χ0v) is 17.7. The second-order valence-electron chi connectivity index (χ2n) is 7.34. The quantitative estimate of drug-likeness (QED) is 0.385. The van der Waals surface area contributed by atoms with Crippen LogP contribution in [-0.2, 0) is 4.79 Å². The van der Waals surface area contributed by atoms with Crippen molar-refractivity contribution in [3.05, 3.63) is 101 Å².